The first-order valence-electron chi connectivity index (χ1n) is 8.73. The van der Waals surface area contributed by atoms with Crippen molar-refractivity contribution in [1.82, 2.24) is 9.78 Å². The molecule has 1 aliphatic heterocycles. The van der Waals surface area contributed by atoms with Gasteiger partial charge in [0.1, 0.15) is 17.5 Å². The topological polar surface area (TPSA) is 53.4 Å². The van der Waals surface area contributed by atoms with Gasteiger partial charge in [0.2, 0.25) is 0 Å². The number of para-hydroxylation sites is 1. The van der Waals surface area contributed by atoms with E-state index in [2.05, 4.69) is 5.10 Å². The van der Waals surface area contributed by atoms with Gasteiger partial charge in [-0.25, -0.2) is 0 Å². The second-order valence-electron chi connectivity index (χ2n) is 7.36. The maximum absolute atomic E-state index is 12.4. The quantitative estimate of drug-likeness (QED) is 0.793. The molecular formula is C20H26N2O3. The van der Waals surface area contributed by atoms with Gasteiger partial charge in [-0.3, -0.25) is 9.48 Å². The Bertz CT molecular complexity index is 792. The average molecular weight is 342 g/mol. The Balaban J connectivity index is 1.68. The van der Waals surface area contributed by atoms with Gasteiger partial charge in [-0.1, -0.05) is 18.2 Å². The summed E-state index contributed by atoms with van der Waals surface area (Å²) in [6.07, 6.45) is 1.40. The van der Waals surface area contributed by atoms with Crippen molar-refractivity contribution in [2.75, 3.05) is 0 Å². The van der Waals surface area contributed by atoms with Gasteiger partial charge in [-0.15, -0.1) is 0 Å². The summed E-state index contributed by atoms with van der Waals surface area (Å²) in [5, 5.41) is 4.40. The van der Waals surface area contributed by atoms with Crippen LogP contribution in [0.2, 0.25) is 0 Å². The number of nitrogens with zero attached hydrogens (tertiary/aromatic N) is 2. The van der Waals surface area contributed by atoms with E-state index in [0.29, 0.717) is 19.3 Å². The lowest BCUT2D eigenvalue weighted by molar-refractivity contribution is -0.153. The predicted octanol–water partition coefficient (Wildman–Crippen LogP) is 3.82. The van der Waals surface area contributed by atoms with E-state index in [0.717, 1.165) is 28.3 Å². The molecule has 0 radical (unpaired) electrons. The second-order valence-corrected chi connectivity index (χ2v) is 7.36. The first-order chi connectivity index (χ1) is 11.8. The standard InChI is InChI=1S/C20H26N2O3/c1-13-15(14(2)22(5)21-13)10-11-19(23)24-18-12-20(3,4)25-17-9-7-6-8-16(17)18/h6-9,18H,10-12H2,1-5H3/t18-/m0/s1. The van der Waals surface area contributed by atoms with E-state index in [1.165, 1.54) is 0 Å². The highest BCUT2D eigenvalue weighted by Gasteiger charge is 2.35. The van der Waals surface area contributed by atoms with Gasteiger partial charge in [0.15, 0.2) is 0 Å². The monoisotopic (exact) mass is 342 g/mol. The fraction of sp³-hybridized carbons (Fsp3) is 0.500. The Morgan fingerprint density at radius 1 is 1.36 bits per heavy atom. The van der Waals surface area contributed by atoms with Gasteiger partial charge in [-0.2, -0.15) is 5.10 Å². The normalized spacial score (nSPS) is 18.4. The van der Waals surface area contributed by atoms with E-state index < -0.39 is 0 Å². The van der Waals surface area contributed by atoms with Crippen LogP contribution in [0.3, 0.4) is 0 Å². The summed E-state index contributed by atoms with van der Waals surface area (Å²) in [6, 6.07) is 7.79. The number of carbonyl (C=O) groups is 1. The molecule has 0 saturated heterocycles. The zero-order valence-electron chi connectivity index (χ0n) is 15.6. The van der Waals surface area contributed by atoms with Gasteiger partial charge in [0.25, 0.3) is 0 Å². The number of esters is 1. The summed E-state index contributed by atoms with van der Waals surface area (Å²) >= 11 is 0. The number of aryl methyl sites for hydroxylation is 2. The molecule has 0 spiro atoms. The Hall–Kier alpha value is -2.30. The highest BCUT2D eigenvalue weighted by Crippen LogP contribution is 2.41. The third-order valence-corrected chi connectivity index (χ3v) is 4.84. The van der Waals surface area contributed by atoms with E-state index in [4.69, 9.17) is 9.47 Å². The highest BCUT2D eigenvalue weighted by molar-refractivity contribution is 5.70. The van der Waals surface area contributed by atoms with Crippen LogP contribution in [0.4, 0.5) is 0 Å². The lowest BCUT2D eigenvalue weighted by Crippen LogP contribution is -2.36. The number of rotatable bonds is 4. The number of ether oxygens (including phenoxy) is 2. The minimum absolute atomic E-state index is 0.180. The van der Waals surface area contributed by atoms with Crippen LogP contribution in [0, 0.1) is 13.8 Å². The third-order valence-electron chi connectivity index (χ3n) is 4.84. The minimum atomic E-state index is -0.351. The molecule has 0 unspecified atom stereocenters. The molecular weight excluding hydrogens is 316 g/mol. The Labute approximate surface area is 148 Å². The summed E-state index contributed by atoms with van der Waals surface area (Å²) in [5.74, 6) is 0.621. The molecule has 2 heterocycles. The van der Waals surface area contributed by atoms with Gasteiger partial charge in [0.05, 0.1) is 5.69 Å². The van der Waals surface area contributed by atoms with Crippen LogP contribution >= 0.6 is 0 Å². The van der Waals surface area contributed by atoms with Crippen LogP contribution in [0.1, 0.15) is 55.3 Å². The lowest BCUT2D eigenvalue weighted by Gasteiger charge is -2.37. The lowest BCUT2D eigenvalue weighted by atomic mass is 9.91. The first-order valence-corrected chi connectivity index (χ1v) is 8.73. The Morgan fingerprint density at radius 2 is 2.08 bits per heavy atom. The smallest absolute Gasteiger partial charge is 0.306 e. The molecule has 1 aromatic carbocycles. The molecule has 0 aliphatic carbocycles. The minimum Gasteiger partial charge on any atom is -0.487 e. The van der Waals surface area contributed by atoms with Crippen molar-refractivity contribution in [2.45, 2.75) is 58.7 Å². The van der Waals surface area contributed by atoms with Gasteiger partial charge < -0.3 is 9.47 Å². The van der Waals surface area contributed by atoms with Crippen molar-refractivity contribution in [3.05, 3.63) is 46.8 Å². The van der Waals surface area contributed by atoms with E-state index in [-0.39, 0.29) is 17.7 Å². The molecule has 1 atom stereocenters. The van der Waals surface area contributed by atoms with Crippen molar-refractivity contribution in [3.63, 3.8) is 0 Å². The van der Waals surface area contributed by atoms with Crippen molar-refractivity contribution in [2.24, 2.45) is 7.05 Å². The molecule has 2 aromatic rings. The Morgan fingerprint density at radius 3 is 2.76 bits per heavy atom. The number of hydrogen-bond donors (Lipinski definition) is 0. The molecule has 0 saturated carbocycles. The van der Waals surface area contributed by atoms with Crippen molar-refractivity contribution < 1.29 is 14.3 Å². The maximum Gasteiger partial charge on any atom is 0.306 e. The van der Waals surface area contributed by atoms with Gasteiger partial charge in [0, 0.05) is 31.1 Å². The summed E-state index contributed by atoms with van der Waals surface area (Å²) in [5.41, 5.74) is 3.81. The second kappa shape index (κ2) is 6.54. The number of hydrogen-bond acceptors (Lipinski definition) is 4. The average Bonchev–Trinajstić information content (AvgIpc) is 2.77. The van der Waals surface area contributed by atoms with Crippen LogP contribution < -0.4 is 4.74 Å². The first kappa shape index (κ1) is 17.5. The van der Waals surface area contributed by atoms with E-state index in [1.54, 1.807) is 0 Å². The van der Waals surface area contributed by atoms with E-state index in [9.17, 15) is 4.79 Å². The Kier molecular flexibility index (Phi) is 4.58. The van der Waals surface area contributed by atoms with Crippen LogP contribution in [0.25, 0.3) is 0 Å². The molecule has 5 nitrogen and oxygen atoms in total. The zero-order chi connectivity index (χ0) is 18.2. The molecule has 5 heteroatoms. The van der Waals surface area contributed by atoms with Crippen molar-refractivity contribution in [3.8, 4) is 5.75 Å². The summed E-state index contributed by atoms with van der Waals surface area (Å²) in [4.78, 5) is 12.4. The highest BCUT2D eigenvalue weighted by atomic mass is 16.6. The van der Waals surface area contributed by atoms with E-state index in [1.807, 2.05) is 63.7 Å². The molecule has 1 aliphatic rings. The molecule has 0 amide bonds. The molecule has 0 fully saturated rings. The van der Waals surface area contributed by atoms with Crippen LogP contribution in [-0.4, -0.2) is 21.4 Å². The van der Waals surface area contributed by atoms with Gasteiger partial charge >= 0.3 is 5.97 Å². The van der Waals surface area contributed by atoms with E-state index >= 15 is 0 Å². The molecule has 0 bridgehead atoms. The van der Waals surface area contributed by atoms with Crippen LogP contribution in [0.15, 0.2) is 24.3 Å². The summed E-state index contributed by atoms with van der Waals surface area (Å²) in [7, 11) is 1.92. The summed E-state index contributed by atoms with van der Waals surface area (Å²) < 4.78 is 13.7. The molecule has 134 valence electrons. The number of benzene rings is 1. The zero-order valence-corrected chi connectivity index (χ0v) is 15.6. The summed E-state index contributed by atoms with van der Waals surface area (Å²) in [6.45, 7) is 8.04. The van der Waals surface area contributed by atoms with Crippen LogP contribution in [-0.2, 0) is 23.0 Å². The third kappa shape index (κ3) is 3.70. The largest absolute Gasteiger partial charge is 0.487 e. The maximum atomic E-state index is 12.4. The van der Waals surface area contributed by atoms with Crippen molar-refractivity contribution >= 4 is 5.97 Å². The number of fused-ring (bicyclic) bond motifs is 1. The van der Waals surface area contributed by atoms with Crippen molar-refractivity contribution in [1.29, 1.82) is 0 Å². The molecule has 25 heavy (non-hydrogen) atoms. The SMILES string of the molecule is Cc1nn(C)c(C)c1CCC(=O)O[C@H]1CC(C)(C)Oc2ccccc21. The fourth-order valence-corrected chi connectivity index (χ4v) is 3.46. The number of carbonyl (C=O) groups excluding carboxylic acids is 1. The molecule has 3 rings (SSSR count). The predicted molar refractivity (Wildman–Crippen MR) is 95.6 cm³/mol. The molecule has 1 aromatic heterocycles. The number of aromatic nitrogens is 2. The van der Waals surface area contributed by atoms with Crippen LogP contribution in [0.5, 0.6) is 5.75 Å². The fourth-order valence-electron chi connectivity index (χ4n) is 3.46. The van der Waals surface area contributed by atoms with Gasteiger partial charge in [-0.05, 0) is 45.7 Å². The molecule has 0 N–H and O–H groups in total.